The molecule has 0 bridgehead atoms. The number of unbranched alkanes of at least 4 members (excludes halogenated alkanes) is 1. The molecular formula is C34H51N3O9. The van der Waals surface area contributed by atoms with Gasteiger partial charge in [0.05, 0.1) is 72.7 Å². The number of methoxy groups -OCH3 is 1. The molecule has 0 spiro atoms. The maximum absolute atomic E-state index is 12.9. The van der Waals surface area contributed by atoms with Crippen molar-refractivity contribution >= 4 is 12.0 Å². The van der Waals surface area contributed by atoms with Crippen molar-refractivity contribution in [1.82, 2.24) is 10.6 Å². The van der Waals surface area contributed by atoms with E-state index in [4.69, 9.17) is 38.9 Å². The van der Waals surface area contributed by atoms with E-state index in [1.807, 2.05) is 24.3 Å². The van der Waals surface area contributed by atoms with E-state index in [9.17, 15) is 9.59 Å². The van der Waals surface area contributed by atoms with E-state index in [1.165, 1.54) is 0 Å². The number of nitrogens with one attached hydrogen (secondary N) is 2. The summed E-state index contributed by atoms with van der Waals surface area (Å²) in [5.74, 6) is -0.344. The molecule has 1 aliphatic rings. The molecule has 1 atom stereocenters. The van der Waals surface area contributed by atoms with Gasteiger partial charge in [-0.15, -0.1) is 0 Å². The Morgan fingerprint density at radius 1 is 0.717 bits per heavy atom. The van der Waals surface area contributed by atoms with E-state index >= 15 is 0 Å². The predicted octanol–water partition coefficient (Wildman–Crippen LogP) is 2.87. The third kappa shape index (κ3) is 13.7. The van der Waals surface area contributed by atoms with Crippen molar-refractivity contribution in [2.75, 3.05) is 99.5 Å². The molecule has 0 heterocycles. The van der Waals surface area contributed by atoms with Gasteiger partial charge in [0.15, 0.2) is 0 Å². The minimum atomic E-state index is -0.731. The predicted molar refractivity (Wildman–Crippen MR) is 174 cm³/mol. The normalized spacial score (nSPS) is 12.8. The van der Waals surface area contributed by atoms with Crippen LogP contribution in [0.4, 0.5) is 4.79 Å². The van der Waals surface area contributed by atoms with Gasteiger partial charge in [-0.05, 0) is 48.1 Å². The Kier molecular flexibility index (Phi) is 18.9. The lowest BCUT2D eigenvalue weighted by Gasteiger charge is -2.20. The van der Waals surface area contributed by atoms with Crippen LogP contribution in [0.1, 0.15) is 36.3 Å². The molecule has 256 valence electrons. The smallest absolute Gasteiger partial charge is 0.407 e. The summed E-state index contributed by atoms with van der Waals surface area (Å²) in [5, 5.41) is 5.59. The molecule has 0 aromatic heterocycles. The van der Waals surface area contributed by atoms with Crippen molar-refractivity contribution in [3.8, 4) is 11.1 Å². The lowest BCUT2D eigenvalue weighted by atomic mass is 9.98. The van der Waals surface area contributed by atoms with E-state index < -0.39 is 12.1 Å². The van der Waals surface area contributed by atoms with E-state index in [2.05, 4.69) is 34.9 Å². The van der Waals surface area contributed by atoms with Crippen LogP contribution in [-0.4, -0.2) is 118 Å². The number of rotatable bonds is 26. The van der Waals surface area contributed by atoms with E-state index in [0.717, 1.165) is 28.7 Å². The molecule has 0 saturated carbocycles. The van der Waals surface area contributed by atoms with Crippen LogP contribution in [0.3, 0.4) is 0 Å². The molecule has 0 aliphatic heterocycles. The zero-order chi connectivity index (χ0) is 32.7. The van der Waals surface area contributed by atoms with Crippen LogP contribution in [0.15, 0.2) is 48.5 Å². The average Bonchev–Trinajstić information content (AvgIpc) is 3.39. The van der Waals surface area contributed by atoms with Crippen LogP contribution in [0.25, 0.3) is 11.1 Å². The van der Waals surface area contributed by atoms with E-state index in [1.54, 1.807) is 7.11 Å². The second-order valence-electron chi connectivity index (χ2n) is 10.7. The number of fused-ring (bicyclic) bond motifs is 3. The minimum Gasteiger partial charge on any atom is -0.449 e. The number of amides is 2. The van der Waals surface area contributed by atoms with Crippen molar-refractivity contribution < 1.29 is 42.7 Å². The molecule has 0 fully saturated rings. The molecule has 0 radical (unpaired) electrons. The summed E-state index contributed by atoms with van der Waals surface area (Å²) in [4.78, 5) is 25.7. The summed E-state index contributed by atoms with van der Waals surface area (Å²) < 4.78 is 37.8. The number of ether oxygens (including phenoxy) is 7. The second kappa shape index (κ2) is 23.3. The molecule has 2 aromatic rings. The summed E-state index contributed by atoms with van der Waals surface area (Å²) >= 11 is 0. The highest BCUT2D eigenvalue weighted by Gasteiger charge is 2.29. The van der Waals surface area contributed by atoms with Gasteiger partial charge < -0.3 is 49.5 Å². The molecule has 0 saturated heterocycles. The quantitative estimate of drug-likeness (QED) is 0.130. The van der Waals surface area contributed by atoms with Crippen molar-refractivity contribution in [2.45, 2.75) is 31.2 Å². The SMILES string of the molecule is COCCOCCOCCOCCOCCOCCNC(=O)[C@@H](CCCCN)NC(=O)OCC1c2ccccc2-c2ccccc21. The molecule has 0 unspecified atom stereocenters. The van der Waals surface area contributed by atoms with E-state index in [0.29, 0.717) is 98.6 Å². The van der Waals surface area contributed by atoms with Crippen LogP contribution in [-0.2, 0) is 38.0 Å². The monoisotopic (exact) mass is 645 g/mol. The van der Waals surface area contributed by atoms with Crippen molar-refractivity contribution in [2.24, 2.45) is 5.73 Å². The standard InChI is InChI=1S/C34H51N3O9/c1-40-16-17-42-20-21-44-24-25-45-23-22-43-19-18-41-15-14-36-33(38)32(12-6-7-13-35)37-34(39)46-26-31-29-10-4-2-8-27(29)28-9-3-5-11-30(28)31/h2-5,8-11,31-32H,6-7,12-26,35H2,1H3,(H,36,38)(H,37,39)/t32-/m1/s1. The summed E-state index contributed by atoms with van der Waals surface area (Å²) in [6, 6.07) is 15.6. The number of benzene rings is 2. The van der Waals surface area contributed by atoms with Crippen LogP contribution >= 0.6 is 0 Å². The largest absolute Gasteiger partial charge is 0.449 e. The van der Waals surface area contributed by atoms with E-state index in [-0.39, 0.29) is 18.4 Å². The maximum Gasteiger partial charge on any atom is 0.407 e. The van der Waals surface area contributed by atoms with Crippen LogP contribution in [0.5, 0.6) is 0 Å². The van der Waals surface area contributed by atoms with Gasteiger partial charge >= 0.3 is 6.09 Å². The van der Waals surface area contributed by atoms with Crippen molar-refractivity contribution in [3.63, 3.8) is 0 Å². The number of carbonyl (C=O) groups excluding carboxylic acids is 2. The van der Waals surface area contributed by atoms with Crippen LogP contribution in [0, 0.1) is 0 Å². The minimum absolute atomic E-state index is 0.0571. The number of hydrogen-bond donors (Lipinski definition) is 3. The fourth-order valence-electron chi connectivity index (χ4n) is 5.04. The average molecular weight is 646 g/mol. The van der Waals surface area contributed by atoms with Crippen LogP contribution < -0.4 is 16.4 Å². The summed E-state index contributed by atoms with van der Waals surface area (Å²) in [6.45, 7) is 6.21. The third-order valence-electron chi connectivity index (χ3n) is 7.36. The Hall–Kier alpha value is -3.10. The molecule has 46 heavy (non-hydrogen) atoms. The van der Waals surface area contributed by atoms with Crippen molar-refractivity contribution in [3.05, 3.63) is 59.7 Å². The van der Waals surface area contributed by atoms with Gasteiger partial charge in [0.1, 0.15) is 12.6 Å². The Balaban J connectivity index is 1.25. The Morgan fingerprint density at radius 2 is 1.22 bits per heavy atom. The highest BCUT2D eigenvalue weighted by Crippen LogP contribution is 2.44. The van der Waals surface area contributed by atoms with Gasteiger partial charge in [0.2, 0.25) is 5.91 Å². The highest BCUT2D eigenvalue weighted by molar-refractivity contribution is 5.85. The van der Waals surface area contributed by atoms with Gasteiger partial charge in [-0.25, -0.2) is 4.79 Å². The first-order valence-electron chi connectivity index (χ1n) is 16.1. The molecule has 2 aromatic carbocycles. The van der Waals surface area contributed by atoms with Gasteiger partial charge in [-0.1, -0.05) is 48.5 Å². The number of hydrogen-bond acceptors (Lipinski definition) is 10. The molecule has 4 N–H and O–H groups in total. The summed E-state index contributed by atoms with van der Waals surface area (Å²) in [7, 11) is 1.64. The third-order valence-corrected chi connectivity index (χ3v) is 7.36. The summed E-state index contributed by atoms with van der Waals surface area (Å²) in [6.07, 6.45) is 1.29. The Labute approximate surface area is 272 Å². The zero-order valence-corrected chi connectivity index (χ0v) is 27.0. The van der Waals surface area contributed by atoms with Crippen molar-refractivity contribution in [1.29, 1.82) is 0 Å². The molecule has 12 heteroatoms. The van der Waals surface area contributed by atoms with Gasteiger partial charge in [-0.3, -0.25) is 4.79 Å². The molecular weight excluding hydrogens is 594 g/mol. The number of carbonyl (C=O) groups is 2. The first-order chi connectivity index (χ1) is 22.7. The topological polar surface area (TPSA) is 149 Å². The number of nitrogens with two attached hydrogens (primary N) is 1. The lowest BCUT2D eigenvalue weighted by molar-refractivity contribution is -0.123. The maximum atomic E-state index is 12.9. The Bertz CT molecular complexity index is 1090. The summed E-state index contributed by atoms with van der Waals surface area (Å²) in [5.41, 5.74) is 10.2. The van der Waals surface area contributed by atoms with Gasteiger partial charge in [0.25, 0.3) is 0 Å². The van der Waals surface area contributed by atoms with Crippen LogP contribution in [0.2, 0.25) is 0 Å². The van der Waals surface area contributed by atoms with Gasteiger partial charge in [-0.2, -0.15) is 0 Å². The lowest BCUT2D eigenvalue weighted by Crippen LogP contribution is -2.47. The number of alkyl carbamates (subject to hydrolysis) is 1. The highest BCUT2D eigenvalue weighted by atomic mass is 16.6. The first-order valence-corrected chi connectivity index (χ1v) is 16.1. The zero-order valence-electron chi connectivity index (χ0n) is 27.0. The molecule has 2 amide bonds. The molecule has 1 aliphatic carbocycles. The first kappa shape index (κ1) is 37.4. The molecule has 12 nitrogen and oxygen atoms in total. The Morgan fingerprint density at radius 3 is 1.74 bits per heavy atom. The second-order valence-corrected chi connectivity index (χ2v) is 10.7. The molecule has 3 rings (SSSR count). The fraction of sp³-hybridized carbons (Fsp3) is 0.588. The fourth-order valence-corrected chi connectivity index (χ4v) is 5.04. The van der Waals surface area contributed by atoms with Gasteiger partial charge in [0, 0.05) is 19.6 Å².